The second-order valence-electron chi connectivity index (χ2n) is 3.72. The second-order valence-corrected chi connectivity index (χ2v) is 3.99. The molecule has 18 heavy (non-hydrogen) atoms. The lowest BCUT2D eigenvalue weighted by molar-refractivity contribution is -0.137. The number of pyridine rings is 1. The van der Waals surface area contributed by atoms with Gasteiger partial charge in [-0.2, -0.15) is 13.2 Å². The minimum atomic E-state index is -4.44. The summed E-state index contributed by atoms with van der Waals surface area (Å²) in [6.07, 6.45) is -2.25. The Hall–Kier alpha value is -1.55. The molecule has 2 aromatic rings. The van der Waals surface area contributed by atoms with E-state index in [-0.39, 0.29) is 11.4 Å². The highest BCUT2D eigenvalue weighted by molar-refractivity contribution is 6.17. The van der Waals surface area contributed by atoms with Crippen LogP contribution >= 0.6 is 11.6 Å². The zero-order valence-corrected chi connectivity index (χ0v) is 9.96. The molecule has 5 heteroatoms. The highest BCUT2D eigenvalue weighted by Gasteiger charge is 2.35. The summed E-state index contributed by atoms with van der Waals surface area (Å²) in [4.78, 5) is 3.60. The Labute approximate surface area is 107 Å². The predicted octanol–water partition coefficient (Wildman–Crippen LogP) is 4.51. The van der Waals surface area contributed by atoms with E-state index in [1.165, 1.54) is 6.20 Å². The summed E-state index contributed by atoms with van der Waals surface area (Å²) in [7, 11) is 0. The van der Waals surface area contributed by atoms with Gasteiger partial charge in [-0.1, -0.05) is 30.3 Å². The van der Waals surface area contributed by atoms with E-state index in [4.69, 9.17) is 11.6 Å². The Balaban J connectivity index is 2.70. The van der Waals surface area contributed by atoms with Gasteiger partial charge in [0, 0.05) is 23.8 Å². The molecule has 0 aliphatic carbocycles. The molecule has 1 aromatic carbocycles. The van der Waals surface area contributed by atoms with Crippen LogP contribution in [-0.2, 0) is 12.1 Å². The summed E-state index contributed by atoms with van der Waals surface area (Å²) in [6.45, 7) is 0. The highest BCUT2D eigenvalue weighted by atomic mass is 35.5. The average Bonchev–Trinajstić information content (AvgIpc) is 2.38. The third-order valence-electron chi connectivity index (χ3n) is 2.54. The highest BCUT2D eigenvalue weighted by Crippen LogP contribution is 2.38. The molecule has 94 valence electrons. The molecule has 0 bridgehead atoms. The minimum Gasteiger partial charge on any atom is -0.264 e. The normalized spacial score (nSPS) is 11.6. The Bertz CT molecular complexity index is 538. The van der Waals surface area contributed by atoms with Crippen LogP contribution in [0.5, 0.6) is 0 Å². The standard InChI is InChI=1S/C13H9ClF3N/c14-6-10-7-18-8-11(13(15,16)17)12(10)9-4-2-1-3-5-9/h1-5,7-8H,6H2. The van der Waals surface area contributed by atoms with Crippen LogP contribution in [0.2, 0.25) is 0 Å². The molecule has 1 aromatic heterocycles. The Morgan fingerprint density at radius 1 is 1.06 bits per heavy atom. The topological polar surface area (TPSA) is 12.9 Å². The van der Waals surface area contributed by atoms with Crippen molar-refractivity contribution in [1.29, 1.82) is 0 Å². The number of aromatic nitrogens is 1. The van der Waals surface area contributed by atoms with Crippen LogP contribution in [0.15, 0.2) is 42.7 Å². The zero-order valence-electron chi connectivity index (χ0n) is 9.21. The molecular weight excluding hydrogens is 263 g/mol. The first-order valence-corrected chi connectivity index (χ1v) is 5.73. The van der Waals surface area contributed by atoms with Crippen LogP contribution in [0.4, 0.5) is 13.2 Å². The van der Waals surface area contributed by atoms with E-state index < -0.39 is 11.7 Å². The largest absolute Gasteiger partial charge is 0.418 e. The summed E-state index contributed by atoms with van der Waals surface area (Å²) >= 11 is 5.70. The van der Waals surface area contributed by atoms with E-state index in [0.717, 1.165) is 6.20 Å². The van der Waals surface area contributed by atoms with Crippen molar-refractivity contribution in [2.24, 2.45) is 0 Å². The summed E-state index contributed by atoms with van der Waals surface area (Å²) in [5.41, 5.74) is 0.209. The van der Waals surface area contributed by atoms with Crippen LogP contribution in [0, 0.1) is 0 Å². The molecule has 0 saturated carbocycles. The van der Waals surface area contributed by atoms with Gasteiger partial charge < -0.3 is 0 Å². The van der Waals surface area contributed by atoms with E-state index in [9.17, 15) is 13.2 Å². The van der Waals surface area contributed by atoms with Gasteiger partial charge in [0.2, 0.25) is 0 Å². The van der Waals surface area contributed by atoms with E-state index >= 15 is 0 Å². The molecule has 0 atom stereocenters. The lowest BCUT2D eigenvalue weighted by atomic mass is 9.97. The van der Waals surface area contributed by atoms with Crippen molar-refractivity contribution in [2.75, 3.05) is 0 Å². The van der Waals surface area contributed by atoms with Gasteiger partial charge >= 0.3 is 6.18 Å². The number of hydrogen-bond acceptors (Lipinski definition) is 1. The van der Waals surface area contributed by atoms with Gasteiger partial charge in [0.25, 0.3) is 0 Å². The monoisotopic (exact) mass is 271 g/mol. The summed E-state index contributed by atoms with van der Waals surface area (Å²) in [6, 6.07) is 8.38. The van der Waals surface area contributed by atoms with E-state index in [0.29, 0.717) is 11.1 Å². The summed E-state index contributed by atoms with van der Waals surface area (Å²) in [5.74, 6) is -0.0128. The molecule has 0 aliphatic rings. The van der Waals surface area contributed by atoms with E-state index in [1.807, 2.05) is 0 Å². The number of benzene rings is 1. The van der Waals surface area contributed by atoms with Crippen LogP contribution < -0.4 is 0 Å². The van der Waals surface area contributed by atoms with Crippen molar-refractivity contribution < 1.29 is 13.2 Å². The third kappa shape index (κ3) is 2.48. The smallest absolute Gasteiger partial charge is 0.264 e. The van der Waals surface area contributed by atoms with Gasteiger partial charge in [0.15, 0.2) is 0 Å². The molecule has 0 unspecified atom stereocenters. The molecule has 0 spiro atoms. The lowest BCUT2D eigenvalue weighted by Gasteiger charge is -2.15. The number of halogens is 4. The lowest BCUT2D eigenvalue weighted by Crippen LogP contribution is -2.09. The van der Waals surface area contributed by atoms with Gasteiger partial charge in [-0.3, -0.25) is 4.98 Å². The molecule has 0 amide bonds. The van der Waals surface area contributed by atoms with Crippen LogP contribution in [0.25, 0.3) is 11.1 Å². The first-order chi connectivity index (χ1) is 8.54. The quantitative estimate of drug-likeness (QED) is 0.733. The number of rotatable bonds is 2. The Morgan fingerprint density at radius 2 is 1.72 bits per heavy atom. The van der Waals surface area contributed by atoms with Crippen LogP contribution in [0.1, 0.15) is 11.1 Å². The van der Waals surface area contributed by atoms with E-state index in [2.05, 4.69) is 4.98 Å². The maximum Gasteiger partial charge on any atom is 0.418 e. The molecule has 0 aliphatic heterocycles. The fraction of sp³-hybridized carbons (Fsp3) is 0.154. The number of hydrogen-bond donors (Lipinski definition) is 0. The van der Waals surface area contributed by atoms with E-state index in [1.54, 1.807) is 30.3 Å². The molecule has 2 rings (SSSR count). The molecule has 0 fully saturated rings. The fourth-order valence-electron chi connectivity index (χ4n) is 1.77. The average molecular weight is 272 g/mol. The maximum atomic E-state index is 13.0. The van der Waals surface area contributed by atoms with Crippen molar-refractivity contribution >= 4 is 11.6 Å². The van der Waals surface area contributed by atoms with Crippen molar-refractivity contribution in [2.45, 2.75) is 12.1 Å². The van der Waals surface area contributed by atoms with Gasteiger partial charge in [-0.15, -0.1) is 11.6 Å². The fourth-order valence-corrected chi connectivity index (χ4v) is 1.97. The Morgan fingerprint density at radius 3 is 2.28 bits per heavy atom. The van der Waals surface area contributed by atoms with Crippen molar-refractivity contribution in [3.05, 3.63) is 53.9 Å². The third-order valence-corrected chi connectivity index (χ3v) is 2.82. The van der Waals surface area contributed by atoms with Crippen molar-refractivity contribution in [3.8, 4) is 11.1 Å². The van der Waals surface area contributed by atoms with Crippen molar-refractivity contribution in [1.82, 2.24) is 4.98 Å². The number of nitrogens with zero attached hydrogens (tertiary/aromatic N) is 1. The SMILES string of the molecule is FC(F)(F)c1cncc(CCl)c1-c1ccccc1. The molecule has 1 heterocycles. The van der Waals surface area contributed by atoms with Crippen LogP contribution in [0.3, 0.4) is 0 Å². The maximum absolute atomic E-state index is 13.0. The van der Waals surface area contributed by atoms with Gasteiger partial charge in [-0.05, 0) is 11.1 Å². The van der Waals surface area contributed by atoms with Gasteiger partial charge in [0.1, 0.15) is 0 Å². The molecular formula is C13H9ClF3N. The van der Waals surface area contributed by atoms with Crippen molar-refractivity contribution in [3.63, 3.8) is 0 Å². The minimum absolute atomic E-state index is 0.0128. The molecule has 0 N–H and O–H groups in total. The Kier molecular flexibility index (Phi) is 3.57. The summed E-state index contributed by atoms with van der Waals surface area (Å²) in [5, 5.41) is 0. The predicted molar refractivity (Wildman–Crippen MR) is 64.2 cm³/mol. The number of alkyl halides is 4. The zero-order chi connectivity index (χ0) is 13.2. The second kappa shape index (κ2) is 4.98. The first kappa shape index (κ1) is 12.9. The van der Waals surface area contributed by atoms with Gasteiger partial charge in [0.05, 0.1) is 5.56 Å². The van der Waals surface area contributed by atoms with Gasteiger partial charge in [-0.25, -0.2) is 0 Å². The molecule has 1 nitrogen and oxygen atoms in total. The van der Waals surface area contributed by atoms with Crippen LogP contribution in [-0.4, -0.2) is 4.98 Å². The molecule has 0 radical (unpaired) electrons. The first-order valence-electron chi connectivity index (χ1n) is 5.19. The summed E-state index contributed by atoms with van der Waals surface area (Å²) < 4.78 is 38.9. The molecule has 0 saturated heterocycles.